The first-order chi connectivity index (χ1) is 12.0. The Hall–Kier alpha value is -1.20. The van der Waals surface area contributed by atoms with Crippen LogP contribution in [0, 0.1) is 11.8 Å². The van der Waals surface area contributed by atoms with E-state index in [1.165, 1.54) is 0 Å². The van der Waals surface area contributed by atoms with E-state index in [1.807, 2.05) is 6.08 Å². The lowest BCUT2D eigenvalue weighted by molar-refractivity contribution is -0.305. The van der Waals surface area contributed by atoms with Crippen LogP contribution in [0.25, 0.3) is 0 Å². The molecule has 0 saturated heterocycles. The molecule has 25 heavy (non-hydrogen) atoms. The molecule has 0 spiro atoms. The molecule has 2 unspecified atom stereocenters. The van der Waals surface area contributed by atoms with Gasteiger partial charge in [-0.2, -0.15) is 0 Å². The lowest BCUT2D eigenvalue weighted by Crippen LogP contribution is -2.21. The average molecular weight is 353 g/mol. The number of unbranched alkanes of at least 4 members (excludes halogenated alkanes) is 5. The fraction of sp³-hybridized carbons (Fsp3) is 0.800. The third kappa shape index (κ3) is 8.63. The van der Waals surface area contributed by atoms with Gasteiger partial charge in [-0.1, -0.05) is 57.6 Å². The van der Waals surface area contributed by atoms with Crippen LogP contribution in [0.5, 0.6) is 0 Å². The number of rotatable bonds is 13. The SMILES string of the molecule is CCCCC[C@H](O)/C=C/C1C(CCCCCCC(=O)[O-])C(=O)C[C@H]1O. The molecule has 1 aliphatic carbocycles. The monoisotopic (exact) mass is 353 g/mol. The van der Waals surface area contributed by atoms with E-state index in [4.69, 9.17) is 0 Å². The number of aliphatic hydroxyl groups excluding tert-OH is 2. The van der Waals surface area contributed by atoms with E-state index >= 15 is 0 Å². The number of carboxylic acids is 1. The number of aliphatic carboxylic acids is 1. The van der Waals surface area contributed by atoms with Gasteiger partial charge in [0.2, 0.25) is 0 Å². The minimum absolute atomic E-state index is 0.0857. The summed E-state index contributed by atoms with van der Waals surface area (Å²) in [4.78, 5) is 22.5. The number of carboxylic acid groups (broad SMARTS) is 1. The van der Waals surface area contributed by atoms with Crippen LogP contribution < -0.4 is 5.11 Å². The number of ketones is 1. The van der Waals surface area contributed by atoms with E-state index in [0.29, 0.717) is 19.3 Å². The fourth-order valence-corrected chi connectivity index (χ4v) is 3.54. The second kappa shape index (κ2) is 12.2. The van der Waals surface area contributed by atoms with Gasteiger partial charge in [-0.25, -0.2) is 0 Å². The molecule has 144 valence electrons. The zero-order valence-electron chi connectivity index (χ0n) is 15.4. The Labute approximate surface area is 151 Å². The van der Waals surface area contributed by atoms with Gasteiger partial charge in [0, 0.05) is 24.2 Å². The molecule has 0 aliphatic heterocycles. The summed E-state index contributed by atoms with van der Waals surface area (Å²) < 4.78 is 0. The number of carbonyl (C=O) groups excluding carboxylic acids is 2. The van der Waals surface area contributed by atoms with E-state index in [2.05, 4.69) is 6.92 Å². The zero-order valence-corrected chi connectivity index (χ0v) is 15.4. The Bertz CT molecular complexity index is 432. The zero-order chi connectivity index (χ0) is 18.7. The normalized spacial score (nSPS) is 24.9. The van der Waals surface area contributed by atoms with Gasteiger partial charge in [0.1, 0.15) is 5.78 Å². The van der Waals surface area contributed by atoms with E-state index in [1.54, 1.807) is 6.08 Å². The van der Waals surface area contributed by atoms with Crippen molar-refractivity contribution in [1.29, 1.82) is 0 Å². The second-order valence-corrected chi connectivity index (χ2v) is 7.19. The number of carbonyl (C=O) groups is 2. The average Bonchev–Trinajstić information content (AvgIpc) is 2.82. The van der Waals surface area contributed by atoms with E-state index in [-0.39, 0.29) is 30.5 Å². The second-order valence-electron chi connectivity index (χ2n) is 7.19. The summed E-state index contributed by atoms with van der Waals surface area (Å²) in [5, 5.41) is 30.5. The maximum absolute atomic E-state index is 12.1. The van der Waals surface area contributed by atoms with Crippen LogP contribution in [-0.4, -0.2) is 34.2 Å². The molecule has 0 bridgehead atoms. The topological polar surface area (TPSA) is 97.7 Å². The van der Waals surface area contributed by atoms with Crippen LogP contribution in [0.3, 0.4) is 0 Å². The Morgan fingerprint density at radius 3 is 2.64 bits per heavy atom. The van der Waals surface area contributed by atoms with Gasteiger partial charge in [-0.15, -0.1) is 0 Å². The minimum Gasteiger partial charge on any atom is -0.550 e. The predicted molar refractivity (Wildman–Crippen MR) is 94.6 cm³/mol. The molecular formula is C20H33O5-. The number of hydrogen-bond acceptors (Lipinski definition) is 5. The van der Waals surface area contributed by atoms with Crippen LogP contribution in [0.4, 0.5) is 0 Å². The molecule has 2 N–H and O–H groups in total. The van der Waals surface area contributed by atoms with Crippen LogP contribution >= 0.6 is 0 Å². The summed E-state index contributed by atoms with van der Waals surface area (Å²) in [6.45, 7) is 2.12. The largest absolute Gasteiger partial charge is 0.550 e. The number of hydrogen-bond donors (Lipinski definition) is 2. The standard InChI is InChI=1S/C20H34O5/c1-2-3-6-9-15(21)12-13-17-16(18(22)14-19(17)23)10-7-4-5-8-11-20(24)25/h12-13,15-17,19,21,23H,2-11,14H2,1H3,(H,24,25)/p-1/b13-12+/t15-,16?,17?,19+/m0/s1. The smallest absolute Gasteiger partial charge is 0.139 e. The van der Waals surface area contributed by atoms with Gasteiger partial charge in [-0.05, 0) is 25.7 Å². The molecule has 4 atom stereocenters. The summed E-state index contributed by atoms with van der Waals surface area (Å²) in [5.74, 6) is -1.32. The summed E-state index contributed by atoms with van der Waals surface area (Å²) in [7, 11) is 0. The third-order valence-corrected chi connectivity index (χ3v) is 5.04. The minimum atomic E-state index is -1.02. The van der Waals surface area contributed by atoms with Gasteiger partial charge in [0.05, 0.1) is 12.2 Å². The van der Waals surface area contributed by atoms with Crippen LogP contribution in [0.2, 0.25) is 0 Å². The molecule has 0 aromatic carbocycles. The molecule has 0 heterocycles. The predicted octanol–water partition coefficient (Wildman–Crippen LogP) is 2.14. The van der Waals surface area contributed by atoms with Crippen molar-refractivity contribution in [2.24, 2.45) is 11.8 Å². The molecule has 1 fully saturated rings. The summed E-state index contributed by atoms with van der Waals surface area (Å²) in [6.07, 6.45) is 10.4. The van der Waals surface area contributed by atoms with Gasteiger partial charge in [0.25, 0.3) is 0 Å². The van der Waals surface area contributed by atoms with Crippen LogP contribution in [0.15, 0.2) is 12.2 Å². The van der Waals surface area contributed by atoms with E-state index < -0.39 is 18.2 Å². The Kier molecular flexibility index (Phi) is 10.7. The Morgan fingerprint density at radius 1 is 1.24 bits per heavy atom. The van der Waals surface area contributed by atoms with E-state index in [9.17, 15) is 24.9 Å². The molecule has 5 nitrogen and oxygen atoms in total. The molecule has 5 heteroatoms. The molecule has 1 aliphatic rings. The highest BCUT2D eigenvalue weighted by atomic mass is 16.4. The van der Waals surface area contributed by atoms with Gasteiger partial charge < -0.3 is 20.1 Å². The van der Waals surface area contributed by atoms with E-state index in [0.717, 1.165) is 38.5 Å². The van der Waals surface area contributed by atoms with Crippen molar-refractivity contribution in [3.8, 4) is 0 Å². The maximum Gasteiger partial charge on any atom is 0.139 e. The third-order valence-electron chi connectivity index (χ3n) is 5.04. The number of Topliss-reactive ketones (excluding diaryl/α,β-unsaturated/α-hetero) is 1. The lowest BCUT2D eigenvalue weighted by Gasteiger charge is -2.18. The highest BCUT2D eigenvalue weighted by molar-refractivity contribution is 5.84. The van der Waals surface area contributed by atoms with Crippen molar-refractivity contribution in [2.45, 2.75) is 89.8 Å². The molecule has 0 amide bonds. The van der Waals surface area contributed by atoms with Gasteiger partial charge in [0.15, 0.2) is 0 Å². The Balaban J connectivity index is 2.39. The maximum atomic E-state index is 12.1. The Morgan fingerprint density at radius 2 is 1.96 bits per heavy atom. The fourth-order valence-electron chi connectivity index (χ4n) is 3.54. The molecular weight excluding hydrogens is 320 g/mol. The molecule has 1 saturated carbocycles. The van der Waals surface area contributed by atoms with Gasteiger partial charge >= 0.3 is 0 Å². The highest BCUT2D eigenvalue weighted by Crippen LogP contribution is 2.34. The first-order valence-electron chi connectivity index (χ1n) is 9.72. The van der Waals surface area contributed by atoms with Crippen LogP contribution in [-0.2, 0) is 9.59 Å². The molecule has 1 rings (SSSR count). The number of aliphatic hydroxyl groups is 2. The summed E-state index contributed by atoms with van der Waals surface area (Å²) in [5.41, 5.74) is 0. The summed E-state index contributed by atoms with van der Waals surface area (Å²) >= 11 is 0. The summed E-state index contributed by atoms with van der Waals surface area (Å²) in [6, 6.07) is 0. The lowest BCUT2D eigenvalue weighted by atomic mass is 9.88. The van der Waals surface area contributed by atoms with Crippen molar-refractivity contribution >= 4 is 11.8 Å². The van der Waals surface area contributed by atoms with Crippen molar-refractivity contribution < 1.29 is 24.9 Å². The first-order valence-corrected chi connectivity index (χ1v) is 9.72. The molecule has 0 aromatic rings. The highest BCUT2D eigenvalue weighted by Gasteiger charge is 2.39. The molecule has 0 radical (unpaired) electrons. The van der Waals surface area contributed by atoms with Crippen molar-refractivity contribution in [1.82, 2.24) is 0 Å². The van der Waals surface area contributed by atoms with Crippen molar-refractivity contribution in [3.05, 3.63) is 12.2 Å². The quantitative estimate of drug-likeness (QED) is 0.390. The van der Waals surface area contributed by atoms with Crippen molar-refractivity contribution in [3.63, 3.8) is 0 Å². The van der Waals surface area contributed by atoms with Gasteiger partial charge in [-0.3, -0.25) is 4.79 Å². The molecule has 0 aromatic heterocycles. The van der Waals surface area contributed by atoms with Crippen molar-refractivity contribution in [2.75, 3.05) is 0 Å². The first kappa shape index (κ1) is 21.8. The van der Waals surface area contributed by atoms with Crippen LogP contribution in [0.1, 0.15) is 77.6 Å².